The molecule has 1 saturated carbocycles. The second kappa shape index (κ2) is 6.53. The molecule has 3 aromatic rings. The van der Waals surface area contributed by atoms with Crippen molar-refractivity contribution in [1.82, 2.24) is 15.3 Å². The maximum Gasteiger partial charge on any atom is 0.233 e. The Balaban J connectivity index is 1.68. The van der Waals surface area contributed by atoms with Gasteiger partial charge in [0.1, 0.15) is 5.03 Å². The van der Waals surface area contributed by atoms with Gasteiger partial charge in [-0.15, -0.1) is 11.3 Å². The lowest BCUT2D eigenvalue weighted by Crippen LogP contribution is -2.32. The lowest BCUT2D eigenvalue weighted by molar-refractivity contribution is -0.120. The number of carbonyl (C=O) groups excluding carboxylic acids is 1. The fourth-order valence-corrected chi connectivity index (χ4v) is 4.03. The molecule has 4 rings (SSSR count). The van der Waals surface area contributed by atoms with Crippen molar-refractivity contribution < 1.29 is 4.79 Å². The van der Waals surface area contributed by atoms with Crippen molar-refractivity contribution in [3.63, 3.8) is 0 Å². The highest BCUT2D eigenvalue weighted by Gasteiger charge is 2.26. The molecule has 0 spiro atoms. The first kappa shape index (κ1) is 15.6. The molecule has 1 unspecified atom stereocenters. The van der Waals surface area contributed by atoms with Crippen molar-refractivity contribution >= 4 is 39.9 Å². The summed E-state index contributed by atoms with van der Waals surface area (Å²) in [5, 5.41) is 6.76. The second-order valence-electron chi connectivity index (χ2n) is 5.89. The van der Waals surface area contributed by atoms with Gasteiger partial charge in [-0.3, -0.25) is 4.79 Å². The molecule has 0 saturated heterocycles. The average Bonchev–Trinajstić information content (AvgIpc) is 3.23. The predicted molar refractivity (Wildman–Crippen MR) is 99.3 cm³/mol. The van der Waals surface area contributed by atoms with Crippen LogP contribution in [0.2, 0.25) is 0 Å². The highest BCUT2D eigenvalue weighted by atomic mass is 32.2. The maximum absolute atomic E-state index is 12.3. The molecule has 1 aromatic carbocycles. The minimum atomic E-state index is -0.180. The number of amides is 1. The monoisotopic (exact) mass is 355 g/mol. The number of rotatable bonds is 5. The van der Waals surface area contributed by atoms with Gasteiger partial charge in [0.2, 0.25) is 5.91 Å². The summed E-state index contributed by atoms with van der Waals surface area (Å²) >= 11 is 3.13. The number of thioether (sulfide) groups is 1. The van der Waals surface area contributed by atoms with E-state index in [4.69, 9.17) is 4.98 Å². The first-order valence-electron chi connectivity index (χ1n) is 7.98. The third kappa shape index (κ3) is 3.30. The molecule has 1 fully saturated rings. The number of aromatic nitrogens is 2. The lowest BCUT2D eigenvalue weighted by Gasteiger charge is -2.13. The van der Waals surface area contributed by atoms with Gasteiger partial charge in [-0.1, -0.05) is 36.0 Å². The number of nitrogens with zero attached hydrogens (tertiary/aromatic N) is 2. The Bertz CT molecular complexity index is 875. The van der Waals surface area contributed by atoms with E-state index in [9.17, 15) is 4.79 Å². The fraction of sp³-hybridized carbons (Fsp3) is 0.278. The summed E-state index contributed by atoms with van der Waals surface area (Å²) < 4.78 is 0. The summed E-state index contributed by atoms with van der Waals surface area (Å²) in [6.45, 7) is 1.93. The van der Waals surface area contributed by atoms with E-state index in [0.717, 1.165) is 39.5 Å². The van der Waals surface area contributed by atoms with Crippen LogP contribution in [0.1, 0.15) is 19.8 Å². The Labute approximate surface area is 148 Å². The molecule has 0 radical (unpaired) electrons. The summed E-state index contributed by atoms with van der Waals surface area (Å²) in [6, 6.07) is 12.4. The quantitative estimate of drug-likeness (QED) is 0.552. The van der Waals surface area contributed by atoms with Crippen LogP contribution < -0.4 is 5.32 Å². The van der Waals surface area contributed by atoms with Crippen molar-refractivity contribution in [2.75, 3.05) is 0 Å². The molecule has 4 nitrogen and oxygen atoms in total. The van der Waals surface area contributed by atoms with E-state index in [2.05, 4.69) is 10.3 Å². The highest BCUT2D eigenvalue weighted by molar-refractivity contribution is 8.00. The second-order valence-corrected chi connectivity index (χ2v) is 8.17. The van der Waals surface area contributed by atoms with E-state index in [1.54, 1.807) is 11.3 Å². The minimum absolute atomic E-state index is 0.0860. The zero-order chi connectivity index (χ0) is 16.5. The van der Waals surface area contributed by atoms with Crippen LogP contribution in [0.15, 0.2) is 46.8 Å². The molecule has 24 heavy (non-hydrogen) atoms. The van der Waals surface area contributed by atoms with Crippen molar-refractivity contribution in [1.29, 1.82) is 0 Å². The lowest BCUT2D eigenvalue weighted by atomic mass is 10.2. The number of benzene rings is 1. The molecule has 0 aliphatic heterocycles. The highest BCUT2D eigenvalue weighted by Crippen LogP contribution is 2.32. The largest absolute Gasteiger partial charge is 0.352 e. The van der Waals surface area contributed by atoms with Gasteiger partial charge < -0.3 is 5.32 Å². The van der Waals surface area contributed by atoms with Gasteiger partial charge in [-0.25, -0.2) is 9.97 Å². The number of para-hydroxylation sites is 1. The van der Waals surface area contributed by atoms with Gasteiger partial charge >= 0.3 is 0 Å². The third-order valence-electron chi connectivity index (χ3n) is 3.89. The van der Waals surface area contributed by atoms with Crippen molar-refractivity contribution in [2.45, 2.75) is 36.1 Å². The molecular weight excluding hydrogens is 338 g/mol. The maximum atomic E-state index is 12.3. The minimum Gasteiger partial charge on any atom is -0.352 e. The van der Waals surface area contributed by atoms with Crippen LogP contribution in [0.3, 0.4) is 0 Å². The number of hydrogen-bond acceptors (Lipinski definition) is 5. The topological polar surface area (TPSA) is 54.9 Å². The van der Waals surface area contributed by atoms with E-state index in [0.29, 0.717) is 6.04 Å². The van der Waals surface area contributed by atoms with Crippen molar-refractivity contribution in [3.05, 3.63) is 41.8 Å². The van der Waals surface area contributed by atoms with E-state index >= 15 is 0 Å². The van der Waals surface area contributed by atoms with E-state index in [1.165, 1.54) is 11.8 Å². The zero-order valence-corrected chi connectivity index (χ0v) is 14.9. The van der Waals surface area contributed by atoms with E-state index in [-0.39, 0.29) is 11.2 Å². The summed E-state index contributed by atoms with van der Waals surface area (Å²) in [6.07, 6.45) is 2.20. The van der Waals surface area contributed by atoms with Gasteiger partial charge in [0, 0.05) is 11.4 Å². The van der Waals surface area contributed by atoms with Crippen LogP contribution in [0, 0.1) is 0 Å². The van der Waals surface area contributed by atoms with Crippen LogP contribution in [0.4, 0.5) is 0 Å². The Hall–Kier alpha value is -1.92. The van der Waals surface area contributed by atoms with Gasteiger partial charge in [0.05, 0.1) is 15.6 Å². The van der Waals surface area contributed by atoms with Gasteiger partial charge in [-0.05, 0) is 37.3 Å². The fourth-order valence-electron chi connectivity index (χ4n) is 2.42. The predicted octanol–water partition coefficient (Wildman–Crippen LogP) is 4.12. The molecule has 1 N–H and O–H groups in total. The number of carbonyl (C=O) groups is 1. The Morgan fingerprint density at radius 3 is 2.83 bits per heavy atom. The molecule has 1 aliphatic carbocycles. The molecule has 1 amide bonds. The Kier molecular flexibility index (Phi) is 4.24. The molecule has 1 atom stereocenters. The molecule has 122 valence electrons. The van der Waals surface area contributed by atoms with E-state index in [1.807, 2.05) is 48.7 Å². The van der Waals surface area contributed by atoms with Crippen LogP contribution >= 0.6 is 23.1 Å². The molecular formula is C18H17N3OS2. The zero-order valence-electron chi connectivity index (χ0n) is 13.2. The van der Waals surface area contributed by atoms with Gasteiger partial charge in [0.15, 0.2) is 5.82 Å². The Morgan fingerprint density at radius 1 is 1.25 bits per heavy atom. The molecule has 2 aromatic heterocycles. The average molecular weight is 355 g/mol. The molecule has 1 aliphatic rings. The summed E-state index contributed by atoms with van der Waals surface area (Å²) in [5.41, 5.74) is 0.910. The van der Waals surface area contributed by atoms with Crippen LogP contribution in [0.5, 0.6) is 0 Å². The number of hydrogen-bond donors (Lipinski definition) is 1. The van der Waals surface area contributed by atoms with Gasteiger partial charge in [-0.2, -0.15) is 0 Å². The third-order valence-corrected chi connectivity index (χ3v) is 5.86. The molecule has 0 bridgehead atoms. The normalized spacial score (nSPS) is 15.4. The SMILES string of the molecule is CC(Sc1nc(-c2cccs2)nc2ccccc12)C(=O)NC1CC1. The Morgan fingerprint density at radius 2 is 2.08 bits per heavy atom. The first-order chi connectivity index (χ1) is 11.7. The van der Waals surface area contributed by atoms with Crippen molar-refractivity contribution in [3.8, 4) is 10.7 Å². The van der Waals surface area contributed by atoms with Crippen LogP contribution in [0.25, 0.3) is 21.6 Å². The number of thiophene rings is 1. The summed E-state index contributed by atoms with van der Waals surface area (Å²) in [5.74, 6) is 0.809. The number of nitrogens with one attached hydrogen (secondary N) is 1. The van der Waals surface area contributed by atoms with Crippen LogP contribution in [-0.4, -0.2) is 27.2 Å². The van der Waals surface area contributed by atoms with Crippen molar-refractivity contribution in [2.24, 2.45) is 0 Å². The molecule has 6 heteroatoms. The van der Waals surface area contributed by atoms with Crippen LogP contribution in [-0.2, 0) is 4.79 Å². The first-order valence-corrected chi connectivity index (χ1v) is 9.74. The molecule has 2 heterocycles. The standard InChI is InChI=1S/C18H17N3OS2/c1-11(17(22)19-12-8-9-12)24-18-13-5-2-3-6-14(13)20-16(21-18)15-7-4-10-23-15/h2-7,10-12H,8-9H2,1H3,(H,19,22). The summed E-state index contributed by atoms with van der Waals surface area (Å²) in [7, 11) is 0. The van der Waals surface area contributed by atoms with Gasteiger partial charge in [0.25, 0.3) is 0 Å². The van der Waals surface area contributed by atoms with E-state index < -0.39 is 0 Å². The number of fused-ring (bicyclic) bond motifs is 1. The summed E-state index contributed by atoms with van der Waals surface area (Å²) in [4.78, 5) is 22.7. The smallest absolute Gasteiger partial charge is 0.233 e.